The summed E-state index contributed by atoms with van der Waals surface area (Å²) in [7, 11) is 0. The smallest absolute Gasteiger partial charge is 0.143 e. The highest BCUT2D eigenvalue weighted by Crippen LogP contribution is 2.23. The lowest BCUT2D eigenvalue weighted by Crippen LogP contribution is -2.26. The average molecular weight is 405 g/mol. The third-order valence-electron chi connectivity index (χ3n) is 3.02. The number of hydrogen-bond donors (Lipinski definition) is 1. The summed E-state index contributed by atoms with van der Waals surface area (Å²) in [6, 6.07) is 9.98. The third-order valence-corrected chi connectivity index (χ3v) is 4.16. The Kier molecular flexibility index (Phi) is 5.29. The van der Waals surface area contributed by atoms with Gasteiger partial charge in [0.25, 0.3) is 0 Å². The van der Waals surface area contributed by atoms with Crippen molar-refractivity contribution in [1.82, 2.24) is 0 Å². The first-order valence-corrected chi connectivity index (χ1v) is 7.68. The molecule has 0 saturated heterocycles. The van der Waals surface area contributed by atoms with E-state index in [4.69, 9.17) is 5.73 Å². The second-order valence-electron chi connectivity index (χ2n) is 4.62. The second-order valence-corrected chi connectivity index (χ2v) is 6.39. The van der Waals surface area contributed by atoms with Gasteiger partial charge in [0, 0.05) is 16.1 Å². The van der Waals surface area contributed by atoms with Gasteiger partial charge in [-0.05, 0) is 58.6 Å². The molecule has 0 aliphatic heterocycles. The van der Waals surface area contributed by atoms with Crippen molar-refractivity contribution in [3.8, 4) is 0 Å². The van der Waals surface area contributed by atoms with Crippen molar-refractivity contribution < 1.29 is 8.78 Å². The maximum absolute atomic E-state index is 13.9. The first-order valence-electron chi connectivity index (χ1n) is 6.09. The number of nitrogens with two attached hydrogens (primary N) is 1. The molecule has 0 aliphatic carbocycles. The molecule has 2 rings (SSSR count). The molecule has 1 atom stereocenters. The van der Waals surface area contributed by atoms with Crippen LogP contribution in [0.4, 0.5) is 8.78 Å². The molecule has 20 heavy (non-hydrogen) atoms. The Hall–Kier alpha value is -0.780. The Labute approximate surface area is 133 Å². The zero-order valence-electron chi connectivity index (χ0n) is 10.5. The van der Waals surface area contributed by atoms with E-state index in [1.807, 2.05) is 24.3 Å². The molecule has 2 N–H and O–H groups in total. The van der Waals surface area contributed by atoms with Gasteiger partial charge in [0.15, 0.2) is 0 Å². The molecule has 5 heteroatoms. The van der Waals surface area contributed by atoms with Crippen LogP contribution in [0.15, 0.2) is 45.3 Å². The lowest BCUT2D eigenvalue weighted by atomic mass is 9.99. The van der Waals surface area contributed by atoms with Gasteiger partial charge in [-0.3, -0.25) is 0 Å². The highest BCUT2D eigenvalue weighted by atomic mass is 79.9. The minimum absolute atomic E-state index is 0.0315. The molecule has 1 unspecified atom stereocenters. The van der Waals surface area contributed by atoms with Crippen LogP contribution in [0.1, 0.15) is 11.1 Å². The van der Waals surface area contributed by atoms with Crippen molar-refractivity contribution >= 4 is 31.9 Å². The highest BCUT2D eigenvalue weighted by Gasteiger charge is 2.15. The molecule has 106 valence electrons. The normalized spacial score (nSPS) is 12.4. The van der Waals surface area contributed by atoms with Gasteiger partial charge in [0.1, 0.15) is 11.6 Å². The molecule has 0 bridgehead atoms. The Bertz CT molecular complexity index is 600. The molecular weight excluding hydrogens is 392 g/mol. The highest BCUT2D eigenvalue weighted by molar-refractivity contribution is 9.10. The summed E-state index contributed by atoms with van der Waals surface area (Å²) < 4.78 is 28.8. The van der Waals surface area contributed by atoms with Gasteiger partial charge in [0.2, 0.25) is 0 Å². The Morgan fingerprint density at radius 1 is 0.950 bits per heavy atom. The third kappa shape index (κ3) is 3.87. The lowest BCUT2D eigenvalue weighted by molar-refractivity contribution is 0.530. The van der Waals surface area contributed by atoms with E-state index in [-0.39, 0.29) is 22.5 Å². The van der Waals surface area contributed by atoms with Crippen molar-refractivity contribution in [1.29, 1.82) is 0 Å². The van der Waals surface area contributed by atoms with Crippen LogP contribution < -0.4 is 5.73 Å². The molecule has 0 heterocycles. The van der Waals surface area contributed by atoms with Crippen LogP contribution in [0, 0.1) is 11.6 Å². The van der Waals surface area contributed by atoms with E-state index in [1.165, 1.54) is 12.1 Å². The van der Waals surface area contributed by atoms with E-state index in [9.17, 15) is 8.78 Å². The molecule has 2 aromatic carbocycles. The van der Waals surface area contributed by atoms with E-state index in [2.05, 4.69) is 31.9 Å². The van der Waals surface area contributed by atoms with Crippen LogP contribution in [0.3, 0.4) is 0 Å². The summed E-state index contributed by atoms with van der Waals surface area (Å²) in [5, 5.41) is 0. The van der Waals surface area contributed by atoms with Crippen LogP contribution in [0.2, 0.25) is 0 Å². The van der Waals surface area contributed by atoms with Crippen molar-refractivity contribution in [2.75, 3.05) is 0 Å². The SMILES string of the molecule is NC(Cc1ccc(Br)cc1)Cc1c(F)ccc(Br)c1F. The predicted molar refractivity (Wildman–Crippen MR) is 83.6 cm³/mol. The molecule has 0 amide bonds. The van der Waals surface area contributed by atoms with Crippen molar-refractivity contribution in [2.45, 2.75) is 18.9 Å². The topological polar surface area (TPSA) is 26.0 Å². The number of rotatable bonds is 4. The Balaban J connectivity index is 2.10. The Morgan fingerprint density at radius 2 is 1.60 bits per heavy atom. The minimum Gasteiger partial charge on any atom is -0.327 e. The summed E-state index contributed by atoms with van der Waals surface area (Å²) in [5.41, 5.74) is 7.07. The van der Waals surface area contributed by atoms with Crippen molar-refractivity contribution in [2.24, 2.45) is 5.73 Å². The van der Waals surface area contributed by atoms with Crippen LogP contribution in [-0.4, -0.2) is 6.04 Å². The zero-order valence-corrected chi connectivity index (χ0v) is 13.7. The van der Waals surface area contributed by atoms with Gasteiger partial charge in [-0.2, -0.15) is 0 Å². The van der Waals surface area contributed by atoms with Gasteiger partial charge in [-0.15, -0.1) is 0 Å². The predicted octanol–water partition coefficient (Wildman–Crippen LogP) is 4.60. The van der Waals surface area contributed by atoms with Crippen molar-refractivity contribution in [3.63, 3.8) is 0 Å². The van der Waals surface area contributed by atoms with Gasteiger partial charge < -0.3 is 5.73 Å². The molecule has 0 fully saturated rings. The number of benzene rings is 2. The summed E-state index contributed by atoms with van der Waals surface area (Å²) in [6.07, 6.45) is 0.728. The van der Waals surface area contributed by atoms with Gasteiger partial charge in [-0.25, -0.2) is 8.78 Å². The summed E-state index contributed by atoms with van der Waals surface area (Å²) in [4.78, 5) is 0. The standard InChI is InChI=1S/C15H13Br2F2N/c16-10-3-1-9(2-4-10)7-11(20)8-12-14(18)6-5-13(17)15(12)19/h1-6,11H,7-8,20H2. The maximum Gasteiger partial charge on any atom is 0.143 e. The fraction of sp³-hybridized carbons (Fsp3) is 0.200. The summed E-state index contributed by atoms with van der Waals surface area (Å²) in [5.74, 6) is -1.13. The summed E-state index contributed by atoms with van der Waals surface area (Å²) >= 11 is 6.41. The van der Waals surface area contributed by atoms with E-state index < -0.39 is 11.6 Å². The molecule has 0 saturated carbocycles. The van der Waals surface area contributed by atoms with E-state index >= 15 is 0 Å². The number of hydrogen-bond acceptors (Lipinski definition) is 1. The molecule has 1 nitrogen and oxygen atoms in total. The van der Waals surface area contributed by atoms with Crippen LogP contribution in [0.25, 0.3) is 0 Å². The van der Waals surface area contributed by atoms with Crippen molar-refractivity contribution in [3.05, 3.63) is 68.1 Å². The van der Waals surface area contributed by atoms with E-state index in [0.717, 1.165) is 10.0 Å². The minimum atomic E-state index is -0.573. The zero-order chi connectivity index (χ0) is 14.7. The second kappa shape index (κ2) is 6.78. The molecule has 2 aromatic rings. The largest absolute Gasteiger partial charge is 0.327 e. The maximum atomic E-state index is 13.9. The molecule has 0 spiro atoms. The quantitative estimate of drug-likeness (QED) is 0.740. The van der Waals surface area contributed by atoms with Crippen LogP contribution in [0.5, 0.6) is 0 Å². The molecule has 0 aromatic heterocycles. The first kappa shape index (κ1) is 15.6. The monoisotopic (exact) mass is 403 g/mol. The fourth-order valence-electron chi connectivity index (χ4n) is 2.01. The van der Waals surface area contributed by atoms with Gasteiger partial charge >= 0.3 is 0 Å². The number of halogens is 4. The van der Waals surface area contributed by atoms with E-state index in [1.54, 1.807) is 0 Å². The van der Waals surface area contributed by atoms with Gasteiger partial charge in [0.05, 0.1) is 4.47 Å². The van der Waals surface area contributed by atoms with Gasteiger partial charge in [-0.1, -0.05) is 28.1 Å². The van der Waals surface area contributed by atoms with E-state index in [0.29, 0.717) is 6.42 Å². The lowest BCUT2D eigenvalue weighted by Gasteiger charge is -2.14. The van der Waals surface area contributed by atoms with Crippen LogP contribution >= 0.6 is 31.9 Å². The summed E-state index contributed by atoms with van der Waals surface area (Å²) in [6.45, 7) is 0. The molecule has 0 aliphatic rings. The Morgan fingerprint density at radius 3 is 2.25 bits per heavy atom. The molecule has 0 radical (unpaired) electrons. The first-order chi connectivity index (χ1) is 9.47. The van der Waals surface area contributed by atoms with Crippen LogP contribution in [-0.2, 0) is 12.8 Å². The average Bonchev–Trinajstić information content (AvgIpc) is 2.42. The fourth-order valence-corrected chi connectivity index (χ4v) is 2.65. The molecular formula is C15H13Br2F2N.